The fourth-order valence-electron chi connectivity index (χ4n) is 3.92. The highest BCUT2D eigenvalue weighted by Gasteiger charge is 2.53. The number of benzene rings is 2. The van der Waals surface area contributed by atoms with Crippen LogP contribution in [0.1, 0.15) is 28.4 Å². The first kappa shape index (κ1) is 14.6. The van der Waals surface area contributed by atoms with Gasteiger partial charge in [0.2, 0.25) is 0 Å². The van der Waals surface area contributed by atoms with Gasteiger partial charge < -0.3 is 0 Å². The van der Waals surface area contributed by atoms with E-state index in [2.05, 4.69) is 0 Å². The summed E-state index contributed by atoms with van der Waals surface area (Å²) in [5.41, 5.74) is 1.62. The van der Waals surface area contributed by atoms with Crippen molar-refractivity contribution in [1.29, 1.82) is 0 Å². The SMILES string of the molecule is CN1[C@@H]2C[C@H](S(=O)(=O)c3ccccc3)[C@H]1C(=O)c1ccccc12. The Balaban J connectivity index is 1.82. The molecule has 0 N–H and O–H groups in total. The first-order valence-electron chi connectivity index (χ1n) is 7.66. The lowest BCUT2D eigenvalue weighted by Gasteiger charge is -2.32. The third-order valence-electron chi connectivity index (χ3n) is 5.06. The van der Waals surface area contributed by atoms with Crippen molar-refractivity contribution < 1.29 is 13.2 Å². The number of carbonyl (C=O) groups is 1. The molecule has 1 saturated heterocycles. The second kappa shape index (κ2) is 5.01. The smallest absolute Gasteiger partial charge is 0.183 e. The molecule has 4 rings (SSSR count). The predicted octanol–water partition coefficient (Wildman–Crippen LogP) is 2.47. The van der Waals surface area contributed by atoms with Gasteiger partial charge in [0, 0.05) is 11.6 Å². The van der Waals surface area contributed by atoms with Crippen molar-refractivity contribution in [3.63, 3.8) is 0 Å². The Hall–Kier alpha value is -1.98. The molecule has 0 amide bonds. The fraction of sp³-hybridized carbons (Fsp3) is 0.278. The zero-order chi connectivity index (χ0) is 16.2. The van der Waals surface area contributed by atoms with Crippen LogP contribution in [0, 0.1) is 0 Å². The second-order valence-electron chi connectivity index (χ2n) is 6.21. The zero-order valence-corrected chi connectivity index (χ0v) is 13.5. The van der Waals surface area contributed by atoms with Gasteiger partial charge in [-0.1, -0.05) is 42.5 Å². The molecule has 1 fully saturated rings. The molecule has 2 aromatic carbocycles. The number of ketones is 1. The van der Waals surface area contributed by atoms with Gasteiger partial charge in [-0.15, -0.1) is 0 Å². The standard InChI is InChI=1S/C18H17NO3S/c1-19-15-11-16(23(21,22)12-7-3-2-4-8-12)17(19)18(20)14-10-6-5-9-13(14)15/h2-10,15-17H,11H2,1H3/t15-,16+,17+/m1/s1. The first-order chi connectivity index (χ1) is 11.0. The van der Waals surface area contributed by atoms with E-state index in [1.54, 1.807) is 30.3 Å². The predicted molar refractivity (Wildman–Crippen MR) is 87.1 cm³/mol. The van der Waals surface area contributed by atoms with Gasteiger partial charge in [-0.05, 0) is 31.2 Å². The summed E-state index contributed by atoms with van der Waals surface area (Å²) in [7, 11) is -1.69. The monoisotopic (exact) mass is 327 g/mol. The van der Waals surface area contributed by atoms with E-state index < -0.39 is 21.1 Å². The highest BCUT2D eigenvalue weighted by atomic mass is 32.2. The first-order valence-corrected chi connectivity index (χ1v) is 9.20. The van der Waals surface area contributed by atoms with E-state index in [0.717, 1.165) is 5.56 Å². The van der Waals surface area contributed by atoms with Crippen molar-refractivity contribution in [1.82, 2.24) is 4.90 Å². The summed E-state index contributed by atoms with van der Waals surface area (Å²) in [6, 6.07) is 15.3. The largest absolute Gasteiger partial charge is 0.292 e. The van der Waals surface area contributed by atoms with Gasteiger partial charge in [0.1, 0.15) is 0 Å². The molecule has 118 valence electrons. The summed E-state index contributed by atoms with van der Waals surface area (Å²) in [6.07, 6.45) is 0.459. The van der Waals surface area contributed by atoms with Crippen molar-refractivity contribution in [2.75, 3.05) is 7.05 Å². The summed E-state index contributed by atoms with van der Waals surface area (Å²) in [5.74, 6) is -0.0821. The van der Waals surface area contributed by atoms with E-state index in [-0.39, 0.29) is 11.8 Å². The summed E-state index contributed by atoms with van der Waals surface area (Å²) in [5, 5.41) is -0.695. The molecule has 0 radical (unpaired) electrons. The summed E-state index contributed by atoms with van der Waals surface area (Å²) >= 11 is 0. The number of hydrogen-bond acceptors (Lipinski definition) is 4. The third kappa shape index (κ3) is 2.00. The Morgan fingerprint density at radius 1 is 1.00 bits per heavy atom. The van der Waals surface area contributed by atoms with Crippen molar-refractivity contribution in [2.24, 2.45) is 0 Å². The van der Waals surface area contributed by atoms with Crippen molar-refractivity contribution in [2.45, 2.75) is 28.6 Å². The van der Waals surface area contributed by atoms with Crippen LogP contribution in [0.25, 0.3) is 0 Å². The maximum Gasteiger partial charge on any atom is 0.183 e. The summed E-state index contributed by atoms with van der Waals surface area (Å²) in [6.45, 7) is 0. The van der Waals surface area contributed by atoms with Crippen LogP contribution in [-0.2, 0) is 9.84 Å². The quantitative estimate of drug-likeness (QED) is 0.850. The van der Waals surface area contributed by atoms with E-state index in [0.29, 0.717) is 16.9 Å². The number of fused-ring (bicyclic) bond motifs is 4. The van der Waals surface area contributed by atoms with Gasteiger partial charge >= 0.3 is 0 Å². The molecule has 0 aromatic heterocycles. The van der Waals surface area contributed by atoms with Gasteiger partial charge in [0.15, 0.2) is 15.6 Å². The molecule has 23 heavy (non-hydrogen) atoms. The lowest BCUT2D eigenvalue weighted by molar-refractivity contribution is 0.0838. The summed E-state index contributed by atoms with van der Waals surface area (Å²) < 4.78 is 26.1. The molecular formula is C18H17NO3S. The average molecular weight is 327 g/mol. The minimum absolute atomic E-state index is 0.0163. The third-order valence-corrected chi connectivity index (χ3v) is 7.24. The van der Waals surface area contributed by atoms with Crippen molar-refractivity contribution in [3.05, 3.63) is 65.7 Å². The Bertz CT molecular complexity index is 876. The van der Waals surface area contributed by atoms with E-state index in [1.807, 2.05) is 36.2 Å². The van der Waals surface area contributed by atoms with Gasteiger partial charge in [-0.25, -0.2) is 8.42 Å². The average Bonchev–Trinajstić information content (AvgIpc) is 2.85. The normalized spacial score (nSPS) is 27.0. The highest BCUT2D eigenvalue weighted by molar-refractivity contribution is 7.92. The molecule has 3 atom stereocenters. The lowest BCUT2D eigenvalue weighted by atomic mass is 9.93. The zero-order valence-electron chi connectivity index (χ0n) is 12.7. The number of Topliss-reactive ketones (excluding diaryl/α,β-unsaturated/α-hetero) is 1. The van der Waals surface area contributed by atoms with Gasteiger partial charge in [-0.3, -0.25) is 9.69 Å². The molecule has 0 aliphatic carbocycles. The number of rotatable bonds is 2. The fourth-order valence-corrected chi connectivity index (χ4v) is 5.90. The Morgan fingerprint density at radius 2 is 1.65 bits per heavy atom. The van der Waals surface area contributed by atoms with Crippen LogP contribution in [0.4, 0.5) is 0 Å². The summed E-state index contributed by atoms with van der Waals surface area (Å²) in [4.78, 5) is 15.1. The second-order valence-corrected chi connectivity index (χ2v) is 8.38. The number of likely N-dealkylation sites (N-methyl/N-ethyl adjacent to an activating group) is 1. The molecule has 4 nitrogen and oxygen atoms in total. The van der Waals surface area contributed by atoms with Crippen LogP contribution in [0.3, 0.4) is 0 Å². The molecule has 2 bridgehead atoms. The molecule has 2 aromatic rings. The van der Waals surface area contributed by atoms with E-state index in [9.17, 15) is 13.2 Å². The number of hydrogen-bond donors (Lipinski definition) is 0. The molecule has 0 spiro atoms. The Morgan fingerprint density at radius 3 is 2.39 bits per heavy atom. The minimum atomic E-state index is -3.54. The number of sulfone groups is 1. The molecule has 0 unspecified atom stereocenters. The highest BCUT2D eigenvalue weighted by Crippen LogP contribution is 2.46. The van der Waals surface area contributed by atoms with E-state index in [1.165, 1.54) is 0 Å². The van der Waals surface area contributed by atoms with Crippen LogP contribution in [0.2, 0.25) is 0 Å². The van der Waals surface area contributed by atoms with Crippen molar-refractivity contribution in [3.8, 4) is 0 Å². The van der Waals surface area contributed by atoms with Crippen LogP contribution in [0.5, 0.6) is 0 Å². The van der Waals surface area contributed by atoms with E-state index in [4.69, 9.17) is 0 Å². The maximum absolute atomic E-state index is 13.0. The molecule has 0 saturated carbocycles. The topological polar surface area (TPSA) is 54.5 Å². The van der Waals surface area contributed by atoms with Crippen LogP contribution in [-0.4, -0.2) is 37.4 Å². The van der Waals surface area contributed by atoms with Gasteiger partial charge in [0.05, 0.1) is 16.2 Å². The van der Waals surface area contributed by atoms with Gasteiger partial charge in [-0.2, -0.15) is 0 Å². The van der Waals surface area contributed by atoms with E-state index >= 15 is 0 Å². The Kier molecular flexibility index (Phi) is 3.18. The van der Waals surface area contributed by atoms with Crippen LogP contribution >= 0.6 is 0 Å². The molecule has 5 heteroatoms. The number of nitrogens with zero attached hydrogens (tertiary/aromatic N) is 1. The lowest BCUT2D eigenvalue weighted by Crippen LogP contribution is -2.46. The maximum atomic E-state index is 13.0. The van der Waals surface area contributed by atoms with Crippen molar-refractivity contribution >= 4 is 15.6 Å². The minimum Gasteiger partial charge on any atom is -0.292 e. The molecular weight excluding hydrogens is 310 g/mol. The molecule has 2 aliphatic heterocycles. The molecule has 2 aliphatic rings. The van der Waals surface area contributed by atoms with Gasteiger partial charge in [0.25, 0.3) is 0 Å². The Labute approximate surface area is 135 Å². The number of carbonyl (C=O) groups excluding carboxylic acids is 1. The molecule has 2 heterocycles. The van der Waals surface area contributed by atoms with Crippen LogP contribution < -0.4 is 0 Å². The van der Waals surface area contributed by atoms with Crippen LogP contribution in [0.15, 0.2) is 59.5 Å².